The Hall–Kier alpha value is -4.50. The van der Waals surface area contributed by atoms with E-state index in [1.54, 1.807) is 0 Å². The summed E-state index contributed by atoms with van der Waals surface area (Å²) in [6.45, 7) is 0. The number of nitrogens with one attached hydrogen (secondary N) is 1. The molecular weight excluding hydrogens is 522 g/mol. The van der Waals surface area contributed by atoms with Crippen LogP contribution < -0.4 is 11.1 Å². The van der Waals surface area contributed by atoms with E-state index in [4.69, 9.17) is 5.73 Å². The fourth-order valence-corrected chi connectivity index (χ4v) is 9.70. The van der Waals surface area contributed by atoms with Crippen LogP contribution in [0.15, 0.2) is 121 Å². The number of nitrogens with two attached hydrogens (primary N) is 1. The smallest absolute Gasteiger partial charge is 0.0542 e. The molecule has 3 N–H and O–H groups in total. The Morgan fingerprint density at radius 3 is 1.84 bits per heavy atom. The van der Waals surface area contributed by atoms with Gasteiger partial charge in [-0.3, -0.25) is 0 Å². The average molecular weight is 560 g/mol. The maximum absolute atomic E-state index is 6.16. The summed E-state index contributed by atoms with van der Waals surface area (Å²) in [7, 11) is 0. The molecule has 4 bridgehead atoms. The van der Waals surface area contributed by atoms with Crippen molar-refractivity contribution < 1.29 is 0 Å². The zero-order valence-corrected chi connectivity index (χ0v) is 24.4. The zero-order chi connectivity index (χ0) is 28.5. The minimum Gasteiger partial charge on any atom is -0.399 e. The van der Waals surface area contributed by atoms with Crippen LogP contribution in [0.3, 0.4) is 0 Å². The Bertz CT molecular complexity index is 1920. The lowest BCUT2D eigenvalue weighted by Crippen LogP contribution is -2.56. The van der Waals surface area contributed by atoms with E-state index in [9.17, 15) is 0 Å². The Morgan fingerprint density at radius 2 is 1.14 bits per heavy atom. The van der Waals surface area contributed by atoms with Crippen LogP contribution in [0, 0.1) is 23.7 Å². The highest BCUT2D eigenvalue weighted by Gasteiger charge is 2.58. The van der Waals surface area contributed by atoms with E-state index >= 15 is 0 Å². The van der Waals surface area contributed by atoms with Crippen LogP contribution >= 0.6 is 0 Å². The summed E-state index contributed by atoms with van der Waals surface area (Å²) in [4.78, 5) is 0. The fourth-order valence-electron chi connectivity index (χ4n) is 9.70. The summed E-state index contributed by atoms with van der Waals surface area (Å²) >= 11 is 0. The van der Waals surface area contributed by atoms with E-state index in [2.05, 4.69) is 131 Å². The van der Waals surface area contributed by atoms with Crippen LogP contribution in [0.4, 0.5) is 17.1 Å². The summed E-state index contributed by atoms with van der Waals surface area (Å²) in [6, 6.07) is 44.4. The van der Waals surface area contributed by atoms with Gasteiger partial charge in [-0.15, -0.1) is 0 Å². The van der Waals surface area contributed by atoms with Gasteiger partial charge in [-0.1, -0.05) is 60.7 Å². The lowest BCUT2D eigenvalue weighted by molar-refractivity contribution is -0.0418. The van der Waals surface area contributed by atoms with Gasteiger partial charge in [0.2, 0.25) is 0 Å². The minimum atomic E-state index is 0.0951. The quantitative estimate of drug-likeness (QED) is 0.206. The molecule has 0 unspecified atom stereocenters. The first-order valence-corrected chi connectivity index (χ1v) is 16.0. The highest BCUT2D eigenvalue weighted by molar-refractivity contribution is 6.10. The monoisotopic (exact) mass is 559 g/mol. The molecule has 3 nitrogen and oxygen atoms in total. The molecule has 10 rings (SSSR count). The molecule has 0 radical (unpaired) electrons. The van der Waals surface area contributed by atoms with Gasteiger partial charge in [-0.25, -0.2) is 0 Å². The Balaban J connectivity index is 1.09. The van der Waals surface area contributed by atoms with E-state index in [0.29, 0.717) is 0 Å². The number of hydrogen-bond acceptors (Lipinski definition) is 2. The van der Waals surface area contributed by atoms with Gasteiger partial charge in [0.25, 0.3) is 0 Å². The summed E-state index contributed by atoms with van der Waals surface area (Å²) in [5.74, 6) is 3.28. The fraction of sp³-hybridized carbons (Fsp3) is 0.250. The van der Waals surface area contributed by atoms with Crippen molar-refractivity contribution in [3.8, 4) is 5.69 Å². The molecule has 0 atom stereocenters. The van der Waals surface area contributed by atoms with Crippen LogP contribution in [0.2, 0.25) is 0 Å². The Morgan fingerprint density at radius 1 is 0.558 bits per heavy atom. The number of benzene rings is 5. The predicted octanol–water partition coefficient (Wildman–Crippen LogP) is 9.85. The van der Waals surface area contributed by atoms with Gasteiger partial charge in [0.15, 0.2) is 0 Å². The SMILES string of the molecule is Nc1ccc(C2(c3ccc(Nc4ccc5c(c4)c4ccccc4n5-c4ccccc4)cc3)C3CC4CC(C3)CC2C4)cc1. The molecular formula is C40H37N3. The summed E-state index contributed by atoms with van der Waals surface area (Å²) in [5, 5.41) is 6.27. The first-order valence-electron chi connectivity index (χ1n) is 16.0. The number of rotatable bonds is 5. The van der Waals surface area contributed by atoms with Crippen molar-refractivity contribution in [2.75, 3.05) is 11.1 Å². The van der Waals surface area contributed by atoms with E-state index in [-0.39, 0.29) is 5.41 Å². The molecule has 1 aromatic heterocycles. The molecule has 4 aliphatic rings. The van der Waals surface area contributed by atoms with E-state index in [1.807, 2.05) is 0 Å². The molecule has 4 fully saturated rings. The number of fused-ring (bicyclic) bond motifs is 3. The summed E-state index contributed by atoms with van der Waals surface area (Å²) in [5.41, 5.74) is 15.9. The zero-order valence-electron chi connectivity index (χ0n) is 24.4. The molecule has 0 amide bonds. The molecule has 4 aliphatic carbocycles. The predicted molar refractivity (Wildman–Crippen MR) is 179 cm³/mol. The van der Waals surface area contributed by atoms with Gasteiger partial charge in [0.1, 0.15) is 0 Å². The highest BCUT2D eigenvalue weighted by Crippen LogP contribution is 2.65. The second-order valence-corrected chi connectivity index (χ2v) is 13.4. The van der Waals surface area contributed by atoms with Crippen LogP contribution in [0.5, 0.6) is 0 Å². The van der Waals surface area contributed by atoms with Crippen molar-refractivity contribution in [1.29, 1.82) is 0 Å². The van der Waals surface area contributed by atoms with Crippen LogP contribution in [0.1, 0.15) is 43.2 Å². The second kappa shape index (κ2) is 9.50. The Kier molecular flexibility index (Phi) is 5.53. The largest absolute Gasteiger partial charge is 0.399 e. The summed E-state index contributed by atoms with van der Waals surface area (Å²) in [6.07, 6.45) is 6.94. The third kappa shape index (κ3) is 3.80. The van der Waals surface area contributed by atoms with Crippen molar-refractivity contribution in [2.45, 2.75) is 37.5 Å². The normalized spacial score (nSPS) is 25.9. The molecule has 6 aromatic rings. The average Bonchev–Trinajstić information content (AvgIpc) is 3.36. The van der Waals surface area contributed by atoms with E-state index in [0.717, 1.165) is 40.7 Å². The third-order valence-electron chi connectivity index (χ3n) is 11.2. The van der Waals surface area contributed by atoms with Gasteiger partial charge in [0.05, 0.1) is 11.0 Å². The van der Waals surface area contributed by atoms with Crippen LogP contribution in [-0.4, -0.2) is 4.57 Å². The number of aromatic nitrogens is 1. The molecule has 4 saturated carbocycles. The van der Waals surface area contributed by atoms with Crippen LogP contribution in [0.25, 0.3) is 27.5 Å². The number of para-hydroxylation sites is 2. The maximum Gasteiger partial charge on any atom is 0.0542 e. The molecule has 212 valence electrons. The minimum absolute atomic E-state index is 0.0951. The molecule has 43 heavy (non-hydrogen) atoms. The van der Waals surface area contributed by atoms with Gasteiger partial charge in [-0.2, -0.15) is 0 Å². The summed E-state index contributed by atoms with van der Waals surface area (Å²) < 4.78 is 2.37. The van der Waals surface area contributed by atoms with Gasteiger partial charge < -0.3 is 15.6 Å². The van der Waals surface area contributed by atoms with Gasteiger partial charge >= 0.3 is 0 Å². The number of anilines is 3. The topological polar surface area (TPSA) is 43.0 Å². The Labute approximate surface area is 253 Å². The standard InChI is InChI=1S/C40H37N3/c41-32-14-10-28(11-15-32)40(30-21-26-20-27(23-30)24-31(40)22-26)29-12-16-33(17-13-29)42-34-18-19-39-37(25-34)36-8-4-5-9-38(36)43(39)35-6-2-1-3-7-35/h1-19,25-27,30-31,42H,20-24,41H2. The molecule has 0 aliphatic heterocycles. The van der Waals surface area contributed by atoms with E-state index < -0.39 is 0 Å². The molecule has 1 heterocycles. The van der Waals surface area contributed by atoms with E-state index in [1.165, 1.54) is 70.7 Å². The van der Waals surface area contributed by atoms with Crippen molar-refractivity contribution in [2.24, 2.45) is 23.7 Å². The number of nitrogens with zero attached hydrogens (tertiary/aromatic N) is 1. The molecule has 5 aromatic carbocycles. The highest BCUT2D eigenvalue weighted by atomic mass is 15.0. The first-order chi connectivity index (χ1) is 21.2. The number of nitrogen functional groups attached to an aromatic ring is 1. The van der Waals surface area contributed by atoms with Gasteiger partial charge in [-0.05, 0) is 128 Å². The van der Waals surface area contributed by atoms with Crippen molar-refractivity contribution in [1.82, 2.24) is 4.57 Å². The molecule has 0 spiro atoms. The molecule has 3 heteroatoms. The lowest BCUT2D eigenvalue weighted by atomic mass is 9.42. The van der Waals surface area contributed by atoms with Crippen LogP contribution in [-0.2, 0) is 5.41 Å². The maximum atomic E-state index is 6.16. The first kappa shape index (κ1) is 25.0. The number of hydrogen-bond donors (Lipinski definition) is 2. The third-order valence-corrected chi connectivity index (χ3v) is 11.2. The van der Waals surface area contributed by atoms with Crippen molar-refractivity contribution >= 4 is 38.9 Å². The molecule has 0 saturated heterocycles. The van der Waals surface area contributed by atoms with Gasteiger partial charge in [0, 0.05) is 38.9 Å². The second-order valence-electron chi connectivity index (χ2n) is 13.4. The lowest BCUT2D eigenvalue weighted by Gasteiger charge is -2.62. The van der Waals surface area contributed by atoms with Crippen molar-refractivity contribution in [3.05, 3.63) is 132 Å². The van der Waals surface area contributed by atoms with Crippen molar-refractivity contribution in [3.63, 3.8) is 0 Å².